The number of hydrogen-bond acceptors (Lipinski definition) is 4. The standard InChI is InChI=1S/C14H25N3O2S/c1-5-12(4)11-17(7-3)20(18,19)14-10-15-9-8-13(14)16-6-2/h8-10,12H,5-7,11H2,1-4H3,(H,15,16). The third-order valence-electron chi connectivity index (χ3n) is 3.33. The molecule has 6 heteroatoms. The molecule has 0 aliphatic rings. The van der Waals surface area contributed by atoms with Crippen LogP contribution >= 0.6 is 0 Å². The van der Waals surface area contributed by atoms with Crippen molar-refractivity contribution in [3.05, 3.63) is 18.5 Å². The van der Waals surface area contributed by atoms with Crippen LogP contribution in [0.5, 0.6) is 0 Å². The molecule has 1 atom stereocenters. The zero-order chi connectivity index (χ0) is 15.2. The summed E-state index contributed by atoms with van der Waals surface area (Å²) in [5.41, 5.74) is 0.616. The Morgan fingerprint density at radius 2 is 2.05 bits per heavy atom. The second-order valence-corrected chi connectivity index (χ2v) is 6.78. The molecule has 1 heterocycles. The predicted molar refractivity (Wildman–Crippen MR) is 82.3 cm³/mol. The van der Waals surface area contributed by atoms with E-state index < -0.39 is 10.0 Å². The van der Waals surface area contributed by atoms with Gasteiger partial charge in [0.1, 0.15) is 4.90 Å². The Kier molecular flexibility index (Phi) is 6.42. The van der Waals surface area contributed by atoms with Gasteiger partial charge in [-0.1, -0.05) is 27.2 Å². The minimum atomic E-state index is -3.50. The van der Waals surface area contributed by atoms with E-state index in [4.69, 9.17) is 0 Å². The van der Waals surface area contributed by atoms with E-state index in [9.17, 15) is 8.42 Å². The molecule has 0 radical (unpaired) electrons. The van der Waals surface area contributed by atoms with Gasteiger partial charge in [-0.3, -0.25) is 4.98 Å². The molecule has 0 saturated heterocycles. The van der Waals surface area contributed by atoms with Crippen molar-refractivity contribution in [2.75, 3.05) is 25.0 Å². The molecular formula is C14H25N3O2S. The molecule has 0 bridgehead atoms. The molecule has 1 rings (SSSR count). The van der Waals surface area contributed by atoms with Crippen LogP contribution in [-0.2, 0) is 10.0 Å². The molecule has 0 saturated carbocycles. The van der Waals surface area contributed by atoms with Crippen molar-refractivity contribution in [1.82, 2.24) is 9.29 Å². The maximum atomic E-state index is 12.8. The fraction of sp³-hybridized carbons (Fsp3) is 0.643. The molecule has 5 nitrogen and oxygen atoms in total. The van der Waals surface area contributed by atoms with Gasteiger partial charge in [-0.25, -0.2) is 8.42 Å². The van der Waals surface area contributed by atoms with Gasteiger partial charge >= 0.3 is 0 Å². The second kappa shape index (κ2) is 7.59. The quantitative estimate of drug-likeness (QED) is 0.801. The first-order valence-electron chi connectivity index (χ1n) is 7.15. The van der Waals surface area contributed by atoms with E-state index in [1.54, 1.807) is 12.3 Å². The van der Waals surface area contributed by atoms with Gasteiger partial charge < -0.3 is 5.32 Å². The molecule has 0 spiro atoms. The molecule has 0 amide bonds. The highest BCUT2D eigenvalue weighted by Gasteiger charge is 2.26. The van der Waals surface area contributed by atoms with E-state index in [2.05, 4.69) is 24.1 Å². The Morgan fingerprint density at radius 1 is 1.35 bits per heavy atom. The molecule has 20 heavy (non-hydrogen) atoms. The van der Waals surface area contributed by atoms with Crippen molar-refractivity contribution in [2.45, 2.75) is 39.0 Å². The maximum Gasteiger partial charge on any atom is 0.246 e. The monoisotopic (exact) mass is 299 g/mol. The molecule has 0 fully saturated rings. The van der Waals surface area contributed by atoms with Crippen LogP contribution in [0.2, 0.25) is 0 Å². The Balaban J connectivity index is 3.13. The molecule has 0 aromatic carbocycles. The van der Waals surface area contributed by atoms with Gasteiger partial charge in [-0.05, 0) is 18.9 Å². The van der Waals surface area contributed by atoms with Gasteiger partial charge in [-0.2, -0.15) is 4.31 Å². The van der Waals surface area contributed by atoms with E-state index in [0.717, 1.165) is 6.42 Å². The highest BCUT2D eigenvalue weighted by atomic mass is 32.2. The number of sulfonamides is 1. The number of aromatic nitrogens is 1. The topological polar surface area (TPSA) is 62.3 Å². The van der Waals surface area contributed by atoms with Crippen LogP contribution in [0.3, 0.4) is 0 Å². The first-order valence-corrected chi connectivity index (χ1v) is 8.59. The normalized spacial score (nSPS) is 13.4. The number of pyridine rings is 1. The predicted octanol–water partition coefficient (Wildman–Crippen LogP) is 2.57. The van der Waals surface area contributed by atoms with Gasteiger partial charge in [-0.15, -0.1) is 0 Å². The molecule has 1 unspecified atom stereocenters. The lowest BCUT2D eigenvalue weighted by Crippen LogP contribution is -2.35. The molecule has 0 aliphatic heterocycles. The summed E-state index contributed by atoms with van der Waals surface area (Å²) in [6, 6.07) is 1.70. The maximum absolute atomic E-state index is 12.8. The third-order valence-corrected chi connectivity index (χ3v) is 5.30. The first-order chi connectivity index (χ1) is 9.47. The van der Waals surface area contributed by atoms with Crippen molar-refractivity contribution in [1.29, 1.82) is 0 Å². The zero-order valence-electron chi connectivity index (χ0n) is 12.8. The summed E-state index contributed by atoms with van der Waals surface area (Å²) in [5.74, 6) is 0.337. The summed E-state index contributed by atoms with van der Waals surface area (Å²) in [6.07, 6.45) is 3.98. The average molecular weight is 299 g/mol. The van der Waals surface area contributed by atoms with Gasteiger partial charge in [0.05, 0.1) is 5.69 Å². The van der Waals surface area contributed by atoms with Crippen molar-refractivity contribution in [3.8, 4) is 0 Å². The molecule has 1 aromatic heterocycles. The van der Waals surface area contributed by atoms with Gasteiger partial charge in [0, 0.05) is 32.0 Å². The first kappa shape index (κ1) is 16.9. The molecule has 1 N–H and O–H groups in total. The Hall–Kier alpha value is -1.14. The summed E-state index contributed by atoms with van der Waals surface area (Å²) in [7, 11) is -3.50. The third kappa shape index (κ3) is 3.93. The lowest BCUT2D eigenvalue weighted by Gasteiger charge is -2.24. The van der Waals surface area contributed by atoms with Gasteiger partial charge in [0.25, 0.3) is 0 Å². The smallest absolute Gasteiger partial charge is 0.246 e. The Bertz CT molecular complexity index is 517. The number of nitrogens with zero attached hydrogens (tertiary/aromatic N) is 2. The minimum absolute atomic E-state index is 0.256. The van der Waals surface area contributed by atoms with E-state index in [1.807, 2.05) is 13.8 Å². The van der Waals surface area contributed by atoms with Gasteiger partial charge in [0.2, 0.25) is 10.0 Å². The highest BCUT2D eigenvalue weighted by molar-refractivity contribution is 7.89. The number of anilines is 1. The molecule has 0 aliphatic carbocycles. The van der Waals surface area contributed by atoms with Crippen molar-refractivity contribution in [3.63, 3.8) is 0 Å². The zero-order valence-corrected chi connectivity index (χ0v) is 13.6. The van der Waals surface area contributed by atoms with Crippen LogP contribution < -0.4 is 5.32 Å². The SMILES string of the molecule is CCNc1ccncc1S(=O)(=O)N(CC)CC(C)CC. The molecule has 114 valence electrons. The van der Waals surface area contributed by atoms with Crippen LogP contribution in [0.1, 0.15) is 34.1 Å². The summed E-state index contributed by atoms with van der Waals surface area (Å²) < 4.78 is 27.0. The lowest BCUT2D eigenvalue weighted by atomic mass is 10.1. The van der Waals surface area contributed by atoms with Crippen LogP contribution in [0.25, 0.3) is 0 Å². The van der Waals surface area contributed by atoms with Crippen LogP contribution in [-0.4, -0.2) is 37.3 Å². The van der Waals surface area contributed by atoms with Gasteiger partial charge in [0.15, 0.2) is 0 Å². The van der Waals surface area contributed by atoms with Crippen LogP contribution in [0.4, 0.5) is 5.69 Å². The summed E-state index contributed by atoms with van der Waals surface area (Å²) in [4.78, 5) is 4.22. The summed E-state index contributed by atoms with van der Waals surface area (Å²) >= 11 is 0. The average Bonchev–Trinajstić information content (AvgIpc) is 2.45. The van der Waals surface area contributed by atoms with E-state index in [-0.39, 0.29) is 4.90 Å². The second-order valence-electron chi connectivity index (χ2n) is 4.87. The minimum Gasteiger partial charge on any atom is -0.384 e. The fourth-order valence-electron chi connectivity index (χ4n) is 1.94. The van der Waals surface area contributed by atoms with E-state index in [0.29, 0.717) is 31.2 Å². The number of hydrogen-bond donors (Lipinski definition) is 1. The largest absolute Gasteiger partial charge is 0.384 e. The van der Waals surface area contributed by atoms with Crippen LogP contribution in [0, 0.1) is 5.92 Å². The van der Waals surface area contributed by atoms with Crippen LogP contribution in [0.15, 0.2) is 23.4 Å². The summed E-state index contributed by atoms with van der Waals surface area (Å²) in [5, 5.41) is 3.08. The van der Waals surface area contributed by atoms with Crippen molar-refractivity contribution in [2.24, 2.45) is 5.92 Å². The van der Waals surface area contributed by atoms with E-state index >= 15 is 0 Å². The van der Waals surface area contributed by atoms with Crippen molar-refractivity contribution >= 4 is 15.7 Å². The highest BCUT2D eigenvalue weighted by Crippen LogP contribution is 2.24. The lowest BCUT2D eigenvalue weighted by molar-refractivity contribution is 0.361. The Morgan fingerprint density at radius 3 is 2.60 bits per heavy atom. The molecular weight excluding hydrogens is 274 g/mol. The number of nitrogens with one attached hydrogen (secondary N) is 1. The molecule has 1 aromatic rings. The van der Waals surface area contributed by atoms with E-state index in [1.165, 1.54) is 10.5 Å². The van der Waals surface area contributed by atoms with Crippen molar-refractivity contribution < 1.29 is 8.42 Å². The Labute approximate surface area is 122 Å². The fourth-order valence-corrected chi connectivity index (χ4v) is 3.62. The number of rotatable bonds is 8. The summed E-state index contributed by atoms with van der Waals surface area (Å²) in [6.45, 7) is 9.61.